The van der Waals surface area contributed by atoms with Crippen molar-refractivity contribution >= 4 is 10.8 Å². The normalized spacial score (nSPS) is 10.8. The summed E-state index contributed by atoms with van der Waals surface area (Å²) in [5.41, 5.74) is 2.50. The van der Waals surface area contributed by atoms with Crippen LogP contribution in [0.2, 0.25) is 0 Å². The molecule has 0 radical (unpaired) electrons. The van der Waals surface area contributed by atoms with Crippen molar-refractivity contribution in [3.8, 4) is 28.4 Å². The van der Waals surface area contributed by atoms with E-state index in [-0.39, 0.29) is 11.5 Å². The fraction of sp³-hybridized carbons (Fsp3) is 0.111. The second-order valence-corrected chi connectivity index (χ2v) is 5.07. The minimum atomic E-state index is 0.106. The smallest absolute Gasteiger partial charge is 0.127 e. The first kappa shape index (κ1) is 13.3. The van der Waals surface area contributed by atoms with Gasteiger partial charge in [-0.2, -0.15) is 0 Å². The molecule has 0 saturated carbocycles. The number of phenols is 2. The molecular weight excluding hydrogens is 264 g/mol. The summed E-state index contributed by atoms with van der Waals surface area (Å²) in [4.78, 5) is 0. The van der Waals surface area contributed by atoms with E-state index in [1.807, 2.05) is 31.2 Å². The van der Waals surface area contributed by atoms with Crippen LogP contribution in [0.5, 0.6) is 17.2 Å². The Balaban J connectivity index is 2.41. The molecule has 0 aliphatic heterocycles. The number of rotatable bonds is 2. The summed E-state index contributed by atoms with van der Waals surface area (Å²) < 4.78 is 5.44. The SMILES string of the molecule is COc1ccc2cc(C)ccc2c1-c1cc(O)ccc1O. The van der Waals surface area contributed by atoms with Crippen LogP contribution >= 0.6 is 0 Å². The van der Waals surface area contributed by atoms with Gasteiger partial charge in [-0.3, -0.25) is 0 Å². The van der Waals surface area contributed by atoms with Crippen molar-refractivity contribution in [1.29, 1.82) is 0 Å². The number of aryl methyl sites for hydroxylation is 1. The number of benzene rings is 3. The van der Waals surface area contributed by atoms with E-state index in [0.717, 1.165) is 16.3 Å². The fourth-order valence-corrected chi connectivity index (χ4v) is 2.60. The minimum absolute atomic E-state index is 0.106. The Morgan fingerprint density at radius 2 is 1.71 bits per heavy atom. The molecule has 3 aromatic rings. The molecule has 0 saturated heterocycles. The number of phenolic OH excluding ortho intramolecular Hbond substituents is 2. The van der Waals surface area contributed by atoms with Crippen LogP contribution in [0.15, 0.2) is 48.5 Å². The third kappa shape index (κ3) is 2.27. The zero-order valence-electron chi connectivity index (χ0n) is 11.9. The number of hydrogen-bond acceptors (Lipinski definition) is 3. The molecule has 0 heterocycles. The lowest BCUT2D eigenvalue weighted by atomic mass is 9.95. The van der Waals surface area contributed by atoms with Crippen LogP contribution in [0.3, 0.4) is 0 Å². The fourth-order valence-electron chi connectivity index (χ4n) is 2.60. The summed E-state index contributed by atoms with van der Waals surface area (Å²) in [7, 11) is 1.60. The Hall–Kier alpha value is -2.68. The van der Waals surface area contributed by atoms with E-state index in [4.69, 9.17) is 4.74 Å². The number of hydrogen-bond donors (Lipinski definition) is 2. The second-order valence-electron chi connectivity index (χ2n) is 5.07. The predicted octanol–water partition coefficient (Wildman–Crippen LogP) is 4.24. The molecule has 3 rings (SSSR count). The maximum absolute atomic E-state index is 10.2. The molecule has 0 amide bonds. The molecule has 0 bridgehead atoms. The Kier molecular flexibility index (Phi) is 3.18. The molecule has 2 N–H and O–H groups in total. The van der Waals surface area contributed by atoms with Gasteiger partial charge in [0, 0.05) is 11.1 Å². The average Bonchev–Trinajstić information content (AvgIpc) is 2.48. The van der Waals surface area contributed by atoms with Gasteiger partial charge in [-0.1, -0.05) is 29.8 Å². The first-order valence-electron chi connectivity index (χ1n) is 6.70. The van der Waals surface area contributed by atoms with Crippen molar-refractivity contribution in [2.75, 3.05) is 7.11 Å². The molecule has 3 aromatic carbocycles. The van der Waals surface area contributed by atoms with Crippen molar-refractivity contribution in [2.45, 2.75) is 6.92 Å². The highest BCUT2D eigenvalue weighted by Crippen LogP contribution is 2.42. The van der Waals surface area contributed by atoms with E-state index >= 15 is 0 Å². The zero-order valence-corrected chi connectivity index (χ0v) is 11.9. The third-order valence-electron chi connectivity index (χ3n) is 3.61. The Morgan fingerprint density at radius 1 is 0.905 bits per heavy atom. The number of fused-ring (bicyclic) bond motifs is 1. The van der Waals surface area contributed by atoms with Gasteiger partial charge in [0.1, 0.15) is 17.2 Å². The molecular formula is C18H16O3. The molecule has 21 heavy (non-hydrogen) atoms. The first-order chi connectivity index (χ1) is 10.1. The van der Waals surface area contributed by atoms with E-state index in [0.29, 0.717) is 11.3 Å². The molecule has 3 heteroatoms. The van der Waals surface area contributed by atoms with Gasteiger partial charge in [0.15, 0.2) is 0 Å². The Labute approximate surface area is 123 Å². The topological polar surface area (TPSA) is 49.7 Å². The maximum atomic E-state index is 10.2. The summed E-state index contributed by atoms with van der Waals surface area (Å²) in [5.74, 6) is 0.875. The molecule has 0 fully saturated rings. The van der Waals surface area contributed by atoms with Gasteiger partial charge in [-0.15, -0.1) is 0 Å². The highest BCUT2D eigenvalue weighted by molar-refractivity contribution is 6.01. The van der Waals surface area contributed by atoms with E-state index in [1.54, 1.807) is 13.2 Å². The lowest BCUT2D eigenvalue weighted by Crippen LogP contribution is -1.90. The summed E-state index contributed by atoms with van der Waals surface area (Å²) in [6.07, 6.45) is 0. The summed E-state index contributed by atoms with van der Waals surface area (Å²) in [5, 5.41) is 21.9. The molecule has 106 valence electrons. The van der Waals surface area contributed by atoms with Crippen molar-refractivity contribution < 1.29 is 14.9 Å². The lowest BCUT2D eigenvalue weighted by Gasteiger charge is -2.14. The minimum Gasteiger partial charge on any atom is -0.508 e. The van der Waals surface area contributed by atoms with Crippen molar-refractivity contribution in [3.63, 3.8) is 0 Å². The van der Waals surface area contributed by atoms with Crippen molar-refractivity contribution in [1.82, 2.24) is 0 Å². The van der Waals surface area contributed by atoms with Gasteiger partial charge in [0.05, 0.1) is 7.11 Å². The lowest BCUT2D eigenvalue weighted by molar-refractivity contribution is 0.416. The Bertz CT molecular complexity index is 822. The number of methoxy groups -OCH3 is 1. The molecule has 0 aromatic heterocycles. The molecule has 0 spiro atoms. The third-order valence-corrected chi connectivity index (χ3v) is 3.61. The first-order valence-corrected chi connectivity index (χ1v) is 6.70. The van der Waals surface area contributed by atoms with Gasteiger partial charge >= 0.3 is 0 Å². The molecule has 0 aliphatic carbocycles. The molecule has 0 unspecified atom stereocenters. The van der Waals surface area contributed by atoms with Crippen molar-refractivity contribution in [2.24, 2.45) is 0 Å². The number of aromatic hydroxyl groups is 2. The maximum Gasteiger partial charge on any atom is 0.127 e. The highest BCUT2D eigenvalue weighted by Gasteiger charge is 2.15. The zero-order chi connectivity index (χ0) is 15.0. The van der Waals surface area contributed by atoms with Gasteiger partial charge in [0.25, 0.3) is 0 Å². The van der Waals surface area contributed by atoms with Crippen LogP contribution in [-0.4, -0.2) is 17.3 Å². The van der Waals surface area contributed by atoms with Gasteiger partial charge in [0.2, 0.25) is 0 Å². The monoisotopic (exact) mass is 280 g/mol. The summed E-state index contributed by atoms with van der Waals surface area (Å²) >= 11 is 0. The van der Waals surface area contributed by atoms with Crippen LogP contribution in [0, 0.1) is 6.92 Å². The van der Waals surface area contributed by atoms with Crippen LogP contribution < -0.4 is 4.74 Å². The average molecular weight is 280 g/mol. The van der Waals surface area contributed by atoms with Gasteiger partial charge in [-0.05, 0) is 42.0 Å². The van der Waals surface area contributed by atoms with E-state index in [2.05, 4.69) is 6.07 Å². The van der Waals surface area contributed by atoms with E-state index < -0.39 is 0 Å². The number of ether oxygens (including phenoxy) is 1. The quantitative estimate of drug-likeness (QED) is 0.690. The standard InChI is InChI=1S/C18H16O3/c1-11-3-6-14-12(9-11)4-8-17(21-2)18(14)15-10-13(19)5-7-16(15)20/h3-10,19-20H,1-2H3. The second kappa shape index (κ2) is 5.02. The largest absolute Gasteiger partial charge is 0.508 e. The highest BCUT2D eigenvalue weighted by atomic mass is 16.5. The Morgan fingerprint density at radius 3 is 2.48 bits per heavy atom. The van der Waals surface area contributed by atoms with Crippen LogP contribution in [-0.2, 0) is 0 Å². The van der Waals surface area contributed by atoms with E-state index in [9.17, 15) is 10.2 Å². The van der Waals surface area contributed by atoms with Gasteiger partial charge < -0.3 is 14.9 Å². The summed E-state index contributed by atoms with van der Waals surface area (Å²) in [6.45, 7) is 2.04. The van der Waals surface area contributed by atoms with E-state index in [1.165, 1.54) is 17.7 Å². The molecule has 3 nitrogen and oxygen atoms in total. The molecule has 0 atom stereocenters. The van der Waals surface area contributed by atoms with Crippen molar-refractivity contribution in [3.05, 3.63) is 54.1 Å². The van der Waals surface area contributed by atoms with Crippen LogP contribution in [0.25, 0.3) is 21.9 Å². The van der Waals surface area contributed by atoms with Crippen LogP contribution in [0.4, 0.5) is 0 Å². The van der Waals surface area contributed by atoms with Gasteiger partial charge in [-0.25, -0.2) is 0 Å². The summed E-state index contributed by atoms with van der Waals surface area (Å²) in [6, 6.07) is 14.5. The predicted molar refractivity (Wildman–Crippen MR) is 84.0 cm³/mol. The van der Waals surface area contributed by atoms with Crippen LogP contribution in [0.1, 0.15) is 5.56 Å². The molecule has 0 aliphatic rings.